The third-order valence-corrected chi connectivity index (χ3v) is 5.56. The average molecular weight is 497 g/mol. The van der Waals surface area contributed by atoms with Gasteiger partial charge in [0.15, 0.2) is 11.8 Å². The number of hydrogen-bond acceptors (Lipinski definition) is 5. The summed E-state index contributed by atoms with van der Waals surface area (Å²) in [4.78, 5) is 4.51. The standard InChI is InChI=1S/C15H27N7O2S.HI/c1-5-8-16-15(18-11-14-20-19-12(2)21(14)3)17-10-13-7-6-9-22(13)25(4,23)24;/h5,13H,1,6-11H2,2-4H3,(H2,16,17,18);1H/t13-;/m1./s1. The van der Waals surface area contributed by atoms with Gasteiger partial charge < -0.3 is 15.2 Å². The van der Waals surface area contributed by atoms with Gasteiger partial charge in [0.05, 0.1) is 6.26 Å². The van der Waals surface area contributed by atoms with Crippen LogP contribution >= 0.6 is 24.0 Å². The lowest BCUT2D eigenvalue weighted by molar-refractivity contribution is 0.387. The summed E-state index contributed by atoms with van der Waals surface area (Å²) < 4.78 is 27.1. The number of aromatic nitrogens is 3. The van der Waals surface area contributed by atoms with Gasteiger partial charge in [-0.1, -0.05) is 6.08 Å². The fraction of sp³-hybridized carbons (Fsp3) is 0.667. The first-order valence-corrected chi connectivity index (χ1v) is 10.1. The van der Waals surface area contributed by atoms with Gasteiger partial charge in [0, 0.05) is 32.7 Å². The molecule has 0 bridgehead atoms. The van der Waals surface area contributed by atoms with Crippen molar-refractivity contribution in [3.05, 3.63) is 24.3 Å². The zero-order chi connectivity index (χ0) is 18.4. The summed E-state index contributed by atoms with van der Waals surface area (Å²) in [5, 5.41) is 14.5. The molecule has 1 fully saturated rings. The number of rotatable bonds is 7. The Hall–Kier alpha value is -1.21. The van der Waals surface area contributed by atoms with E-state index in [1.54, 1.807) is 10.4 Å². The number of halogens is 1. The molecular formula is C15H28IN7O2S. The molecule has 9 nitrogen and oxygen atoms in total. The Balaban J connectivity index is 0.00000338. The molecule has 0 unspecified atom stereocenters. The van der Waals surface area contributed by atoms with Gasteiger partial charge in [-0.2, -0.15) is 4.31 Å². The van der Waals surface area contributed by atoms with Gasteiger partial charge in [-0.05, 0) is 19.8 Å². The van der Waals surface area contributed by atoms with Crippen LogP contribution in [-0.4, -0.2) is 65.4 Å². The van der Waals surface area contributed by atoms with Gasteiger partial charge in [0.2, 0.25) is 10.0 Å². The lowest BCUT2D eigenvalue weighted by Crippen LogP contribution is -2.46. The minimum Gasteiger partial charge on any atom is -0.355 e. The lowest BCUT2D eigenvalue weighted by Gasteiger charge is -2.23. The second-order valence-electron chi connectivity index (χ2n) is 6.11. The Bertz CT molecular complexity index is 732. The molecule has 1 aromatic heterocycles. The Kier molecular flexibility index (Phi) is 8.96. The first-order valence-electron chi connectivity index (χ1n) is 8.27. The Morgan fingerprint density at radius 1 is 1.42 bits per heavy atom. The molecule has 1 aromatic rings. The summed E-state index contributed by atoms with van der Waals surface area (Å²) in [6.07, 6.45) is 4.72. The third-order valence-electron chi connectivity index (χ3n) is 4.23. The van der Waals surface area contributed by atoms with Crippen molar-refractivity contribution in [3.8, 4) is 0 Å². The molecule has 2 N–H and O–H groups in total. The number of aliphatic imine (C=N–C) groups is 1. The van der Waals surface area contributed by atoms with Crippen molar-refractivity contribution in [2.75, 3.05) is 25.9 Å². The lowest BCUT2D eigenvalue weighted by atomic mass is 10.2. The molecule has 0 spiro atoms. The maximum absolute atomic E-state index is 11.8. The predicted molar refractivity (Wildman–Crippen MR) is 113 cm³/mol. The number of guanidine groups is 1. The van der Waals surface area contributed by atoms with Gasteiger partial charge in [0.1, 0.15) is 12.4 Å². The largest absolute Gasteiger partial charge is 0.355 e. The number of nitrogens with zero attached hydrogens (tertiary/aromatic N) is 5. The van der Waals surface area contributed by atoms with Gasteiger partial charge in [-0.25, -0.2) is 13.4 Å². The zero-order valence-electron chi connectivity index (χ0n) is 15.5. The van der Waals surface area contributed by atoms with E-state index in [0.717, 1.165) is 24.5 Å². The van der Waals surface area contributed by atoms with Crippen LogP contribution in [-0.2, 0) is 23.6 Å². The van der Waals surface area contributed by atoms with Crippen LogP contribution in [0.4, 0.5) is 0 Å². The summed E-state index contributed by atoms with van der Waals surface area (Å²) in [5.74, 6) is 2.19. The van der Waals surface area contributed by atoms with Crippen LogP contribution in [0.3, 0.4) is 0 Å². The highest BCUT2D eigenvalue weighted by Crippen LogP contribution is 2.19. The van der Waals surface area contributed by atoms with Gasteiger partial charge in [0.25, 0.3) is 0 Å². The number of hydrogen-bond donors (Lipinski definition) is 2. The van der Waals surface area contributed by atoms with Crippen molar-refractivity contribution < 1.29 is 8.42 Å². The number of nitrogens with one attached hydrogen (secondary N) is 2. The predicted octanol–water partition coefficient (Wildman–Crippen LogP) is 0.387. The summed E-state index contributed by atoms with van der Waals surface area (Å²) >= 11 is 0. The molecule has 148 valence electrons. The maximum atomic E-state index is 11.8. The summed E-state index contributed by atoms with van der Waals surface area (Å²) in [6.45, 7) is 7.60. The average Bonchev–Trinajstić information content (AvgIpc) is 3.15. The summed E-state index contributed by atoms with van der Waals surface area (Å²) in [7, 11) is -1.28. The zero-order valence-corrected chi connectivity index (χ0v) is 18.6. The van der Waals surface area contributed by atoms with Crippen LogP contribution in [0.5, 0.6) is 0 Å². The monoisotopic (exact) mass is 497 g/mol. The van der Waals surface area contributed by atoms with Crippen molar-refractivity contribution in [1.29, 1.82) is 0 Å². The van der Waals surface area contributed by atoms with Gasteiger partial charge in [-0.3, -0.25) is 0 Å². The summed E-state index contributed by atoms with van der Waals surface area (Å²) in [5.41, 5.74) is 0. The van der Waals surface area contributed by atoms with Crippen LogP contribution < -0.4 is 10.6 Å². The van der Waals surface area contributed by atoms with E-state index in [-0.39, 0.29) is 30.0 Å². The van der Waals surface area contributed by atoms with E-state index in [2.05, 4.69) is 32.4 Å². The highest BCUT2D eigenvalue weighted by Gasteiger charge is 2.31. The summed E-state index contributed by atoms with van der Waals surface area (Å²) in [6, 6.07) is -0.0530. The molecule has 1 aliphatic heterocycles. The van der Waals surface area contributed by atoms with Crippen molar-refractivity contribution in [2.24, 2.45) is 12.0 Å². The van der Waals surface area contributed by atoms with Crippen molar-refractivity contribution in [3.63, 3.8) is 0 Å². The quantitative estimate of drug-likeness (QED) is 0.245. The van der Waals surface area contributed by atoms with E-state index in [1.807, 2.05) is 18.5 Å². The molecule has 0 radical (unpaired) electrons. The fourth-order valence-corrected chi connectivity index (χ4v) is 3.93. The van der Waals surface area contributed by atoms with Crippen molar-refractivity contribution in [1.82, 2.24) is 29.7 Å². The van der Waals surface area contributed by atoms with E-state index in [4.69, 9.17) is 0 Å². The molecular weight excluding hydrogens is 469 g/mol. The SMILES string of the molecule is C=CCNC(=NCc1nnc(C)n1C)NC[C@H]1CCCN1S(C)(=O)=O.I. The molecule has 11 heteroatoms. The Labute approximate surface area is 172 Å². The molecule has 0 amide bonds. The fourth-order valence-electron chi connectivity index (χ4n) is 2.75. The molecule has 1 saturated heterocycles. The van der Waals surface area contributed by atoms with E-state index >= 15 is 0 Å². The molecule has 1 aliphatic rings. The van der Waals surface area contributed by atoms with Crippen molar-refractivity contribution >= 4 is 40.0 Å². The van der Waals surface area contributed by atoms with Gasteiger partial charge in [-0.15, -0.1) is 40.8 Å². The van der Waals surface area contributed by atoms with Crippen molar-refractivity contribution in [2.45, 2.75) is 32.4 Å². The number of aryl methyl sites for hydroxylation is 1. The highest BCUT2D eigenvalue weighted by atomic mass is 127. The second-order valence-corrected chi connectivity index (χ2v) is 8.04. The van der Waals surface area contributed by atoms with E-state index in [0.29, 0.717) is 32.1 Å². The normalized spacial score (nSPS) is 18.4. The maximum Gasteiger partial charge on any atom is 0.211 e. The third kappa shape index (κ3) is 6.20. The molecule has 1 atom stereocenters. The number of sulfonamides is 1. The first-order chi connectivity index (χ1) is 11.8. The first kappa shape index (κ1) is 22.8. The molecule has 0 aliphatic carbocycles. The van der Waals surface area contributed by atoms with E-state index in [1.165, 1.54) is 6.26 Å². The van der Waals surface area contributed by atoms with Crippen LogP contribution in [0.1, 0.15) is 24.5 Å². The minimum atomic E-state index is -3.18. The molecule has 2 heterocycles. The smallest absolute Gasteiger partial charge is 0.211 e. The van der Waals surface area contributed by atoms with E-state index in [9.17, 15) is 8.42 Å². The van der Waals surface area contributed by atoms with Crippen LogP contribution in [0.15, 0.2) is 17.6 Å². The van der Waals surface area contributed by atoms with Crippen LogP contribution in [0, 0.1) is 6.92 Å². The van der Waals surface area contributed by atoms with Crippen LogP contribution in [0.25, 0.3) is 0 Å². The second kappa shape index (κ2) is 10.2. The minimum absolute atomic E-state index is 0. The van der Waals surface area contributed by atoms with Crippen LogP contribution in [0.2, 0.25) is 0 Å². The Morgan fingerprint density at radius 3 is 2.73 bits per heavy atom. The molecule has 26 heavy (non-hydrogen) atoms. The Morgan fingerprint density at radius 2 is 2.15 bits per heavy atom. The van der Waals surface area contributed by atoms with Gasteiger partial charge >= 0.3 is 0 Å². The topological polar surface area (TPSA) is 105 Å². The molecule has 0 saturated carbocycles. The van der Waals surface area contributed by atoms with E-state index < -0.39 is 10.0 Å². The molecule has 2 rings (SSSR count). The molecule has 0 aromatic carbocycles. The highest BCUT2D eigenvalue weighted by molar-refractivity contribution is 14.0.